The van der Waals surface area contributed by atoms with Crippen LogP contribution in [0.2, 0.25) is 0 Å². The zero-order chi connectivity index (χ0) is 23.7. The summed E-state index contributed by atoms with van der Waals surface area (Å²) in [6.07, 6.45) is 0. The van der Waals surface area contributed by atoms with Gasteiger partial charge in [-0.1, -0.05) is 29.8 Å². The number of carbonyl (C=O) groups is 3. The standard InChI is InChI=1S/C25H19ClFN3O3/c1-14-5-3-8-20(15(14)2)30-24(32)21(26)22(25(30)33)28-19-7-4-6-16(13-19)23(31)29-18-11-9-17(27)10-12-18/h3-13,28H,1-2H3,(H,29,31). The van der Waals surface area contributed by atoms with E-state index in [-0.39, 0.29) is 10.7 Å². The Bertz CT molecular complexity index is 1320. The van der Waals surface area contributed by atoms with Crippen molar-refractivity contribution < 1.29 is 18.8 Å². The number of carbonyl (C=O) groups excluding carboxylic acids is 3. The van der Waals surface area contributed by atoms with Gasteiger partial charge in [0.25, 0.3) is 17.7 Å². The highest BCUT2D eigenvalue weighted by molar-refractivity contribution is 6.53. The summed E-state index contributed by atoms with van der Waals surface area (Å²) in [4.78, 5) is 39.5. The van der Waals surface area contributed by atoms with E-state index in [4.69, 9.17) is 11.6 Å². The zero-order valence-corrected chi connectivity index (χ0v) is 18.5. The first-order chi connectivity index (χ1) is 15.8. The maximum atomic E-state index is 13.1. The first-order valence-corrected chi connectivity index (χ1v) is 10.4. The van der Waals surface area contributed by atoms with E-state index in [0.717, 1.165) is 16.0 Å². The molecule has 33 heavy (non-hydrogen) atoms. The summed E-state index contributed by atoms with van der Waals surface area (Å²) in [5.74, 6) is -2.03. The Kier molecular flexibility index (Phi) is 5.98. The van der Waals surface area contributed by atoms with Crippen molar-refractivity contribution in [3.8, 4) is 0 Å². The second-order valence-electron chi connectivity index (χ2n) is 7.52. The monoisotopic (exact) mass is 463 g/mol. The van der Waals surface area contributed by atoms with Gasteiger partial charge in [0, 0.05) is 16.9 Å². The van der Waals surface area contributed by atoms with Gasteiger partial charge in [0.2, 0.25) is 0 Å². The Balaban J connectivity index is 1.56. The van der Waals surface area contributed by atoms with Crippen LogP contribution < -0.4 is 15.5 Å². The number of hydrogen-bond donors (Lipinski definition) is 2. The third-order valence-electron chi connectivity index (χ3n) is 5.34. The number of rotatable bonds is 5. The third kappa shape index (κ3) is 4.36. The van der Waals surface area contributed by atoms with E-state index >= 15 is 0 Å². The zero-order valence-electron chi connectivity index (χ0n) is 17.8. The van der Waals surface area contributed by atoms with E-state index in [1.54, 1.807) is 30.3 Å². The van der Waals surface area contributed by atoms with Gasteiger partial charge in [-0.05, 0) is 73.5 Å². The van der Waals surface area contributed by atoms with Gasteiger partial charge in [-0.3, -0.25) is 14.4 Å². The molecule has 2 N–H and O–H groups in total. The second kappa shape index (κ2) is 8.88. The first kappa shape index (κ1) is 22.2. The lowest BCUT2D eigenvalue weighted by atomic mass is 10.1. The number of nitrogens with one attached hydrogen (secondary N) is 2. The lowest BCUT2D eigenvalue weighted by molar-refractivity contribution is -0.120. The molecule has 0 radical (unpaired) electrons. The summed E-state index contributed by atoms with van der Waals surface area (Å²) in [6, 6.07) is 17.1. The Morgan fingerprint density at radius 2 is 1.61 bits per heavy atom. The lowest BCUT2D eigenvalue weighted by Gasteiger charge is -2.18. The third-order valence-corrected chi connectivity index (χ3v) is 5.69. The van der Waals surface area contributed by atoms with Crippen molar-refractivity contribution in [2.45, 2.75) is 13.8 Å². The van der Waals surface area contributed by atoms with Crippen LogP contribution in [0.4, 0.5) is 21.5 Å². The van der Waals surface area contributed by atoms with Crippen molar-refractivity contribution in [1.82, 2.24) is 0 Å². The molecule has 1 aliphatic heterocycles. The molecular weight excluding hydrogens is 445 g/mol. The van der Waals surface area contributed by atoms with Crippen LogP contribution in [0.5, 0.6) is 0 Å². The van der Waals surface area contributed by atoms with Crippen molar-refractivity contribution in [3.05, 3.63) is 100.0 Å². The predicted octanol–water partition coefficient (Wildman–Crippen LogP) is 5.13. The normalized spacial score (nSPS) is 13.5. The van der Waals surface area contributed by atoms with Gasteiger partial charge >= 0.3 is 0 Å². The molecule has 0 bridgehead atoms. The molecule has 0 fully saturated rings. The summed E-state index contributed by atoms with van der Waals surface area (Å²) in [7, 11) is 0. The van der Waals surface area contributed by atoms with Crippen molar-refractivity contribution in [2.75, 3.05) is 15.5 Å². The fourth-order valence-electron chi connectivity index (χ4n) is 3.43. The molecule has 3 amide bonds. The van der Waals surface area contributed by atoms with Crippen LogP contribution in [0.1, 0.15) is 21.5 Å². The molecule has 8 heteroatoms. The van der Waals surface area contributed by atoms with Crippen LogP contribution in [-0.4, -0.2) is 17.7 Å². The Hall–Kier alpha value is -3.97. The molecule has 1 heterocycles. The van der Waals surface area contributed by atoms with Crippen LogP contribution in [-0.2, 0) is 9.59 Å². The largest absolute Gasteiger partial charge is 0.350 e. The number of nitrogens with zero attached hydrogens (tertiary/aromatic N) is 1. The molecule has 0 spiro atoms. The molecule has 0 saturated heterocycles. The van der Waals surface area contributed by atoms with Gasteiger partial charge in [-0.25, -0.2) is 9.29 Å². The summed E-state index contributed by atoms with van der Waals surface area (Å²) in [6.45, 7) is 3.72. The van der Waals surface area contributed by atoms with E-state index < -0.39 is 23.5 Å². The fourth-order valence-corrected chi connectivity index (χ4v) is 3.64. The topological polar surface area (TPSA) is 78.5 Å². The minimum atomic E-state index is -0.622. The van der Waals surface area contributed by atoms with Crippen LogP contribution in [0.25, 0.3) is 0 Å². The summed E-state index contributed by atoms with van der Waals surface area (Å²) >= 11 is 6.23. The number of hydrogen-bond acceptors (Lipinski definition) is 4. The minimum Gasteiger partial charge on any atom is -0.350 e. The summed E-state index contributed by atoms with van der Waals surface area (Å²) < 4.78 is 13.1. The number of amides is 3. The average molecular weight is 464 g/mol. The van der Waals surface area contributed by atoms with Crippen molar-refractivity contribution in [1.29, 1.82) is 0 Å². The van der Waals surface area contributed by atoms with E-state index in [0.29, 0.717) is 22.6 Å². The molecule has 0 atom stereocenters. The van der Waals surface area contributed by atoms with E-state index in [1.807, 2.05) is 19.9 Å². The Morgan fingerprint density at radius 1 is 0.909 bits per heavy atom. The summed E-state index contributed by atoms with van der Waals surface area (Å²) in [5.41, 5.74) is 3.26. The van der Waals surface area contributed by atoms with Crippen molar-refractivity contribution in [2.24, 2.45) is 0 Å². The van der Waals surface area contributed by atoms with Crippen LogP contribution in [0, 0.1) is 19.7 Å². The van der Waals surface area contributed by atoms with Gasteiger partial charge in [0.15, 0.2) is 0 Å². The highest BCUT2D eigenvalue weighted by atomic mass is 35.5. The quantitative estimate of drug-likeness (QED) is 0.514. The molecule has 3 aromatic rings. The van der Waals surface area contributed by atoms with Gasteiger partial charge in [-0.15, -0.1) is 0 Å². The second-order valence-corrected chi connectivity index (χ2v) is 7.90. The first-order valence-electron chi connectivity index (χ1n) is 10.0. The molecule has 3 aromatic carbocycles. The predicted molar refractivity (Wildman–Crippen MR) is 126 cm³/mol. The molecule has 0 aromatic heterocycles. The van der Waals surface area contributed by atoms with E-state index in [2.05, 4.69) is 10.6 Å². The maximum absolute atomic E-state index is 13.1. The highest BCUT2D eigenvalue weighted by Gasteiger charge is 2.39. The van der Waals surface area contributed by atoms with Crippen LogP contribution in [0.3, 0.4) is 0 Å². The van der Waals surface area contributed by atoms with Crippen LogP contribution >= 0.6 is 11.6 Å². The Labute approximate surface area is 194 Å². The van der Waals surface area contributed by atoms with Gasteiger partial charge < -0.3 is 10.6 Å². The highest BCUT2D eigenvalue weighted by Crippen LogP contribution is 2.33. The molecule has 0 unspecified atom stereocenters. The molecule has 4 rings (SSSR count). The lowest BCUT2D eigenvalue weighted by Crippen LogP contribution is -2.33. The number of benzene rings is 3. The van der Waals surface area contributed by atoms with E-state index in [1.165, 1.54) is 30.3 Å². The van der Waals surface area contributed by atoms with Gasteiger partial charge in [-0.2, -0.15) is 0 Å². The van der Waals surface area contributed by atoms with Crippen molar-refractivity contribution >= 4 is 46.4 Å². The molecule has 1 aliphatic rings. The molecule has 0 aliphatic carbocycles. The number of anilines is 3. The van der Waals surface area contributed by atoms with E-state index in [9.17, 15) is 18.8 Å². The number of halogens is 2. The van der Waals surface area contributed by atoms with Gasteiger partial charge in [0.1, 0.15) is 16.5 Å². The van der Waals surface area contributed by atoms with Crippen LogP contribution in [0.15, 0.2) is 77.5 Å². The molecule has 166 valence electrons. The summed E-state index contributed by atoms with van der Waals surface area (Å²) in [5, 5.41) is 5.31. The molecule has 6 nitrogen and oxygen atoms in total. The SMILES string of the molecule is Cc1cccc(N2C(=O)C(Cl)=C(Nc3cccc(C(=O)Nc4ccc(F)cc4)c3)C2=O)c1C. The van der Waals surface area contributed by atoms with Gasteiger partial charge in [0.05, 0.1) is 5.69 Å². The van der Waals surface area contributed by atoms with Crippen molar-refractivity contribution in [3.63, 3.8) is 0 Å². The average Bonchev–Trinajstić information content (AvgIpc) is 3.00. The fraction of sp³-hybridized carbons (Fsp3) is 0.0800. The molecular formula is C25H19ClFN3O3. The minimum absolute atomic E-state index is 0.0707. The number of imide groups is 1. The number of aryl methyl sites for hydroxylation is 1. The smallest absolute Gasteiger partial charge is 0.283 e. The molecule has 0 saturated carbocycles. The maximum Gasteiger partial charge on any atom is 0.283 e. The Morgan fingerprint density at radius 3 is 2.33 bits per heavy atom.